The van der Waals surface area contributed by atoms with E-state index in [-0.39, 0.29) is 36.1 Å². The molecule has 0 fully saturated rings. The average Bonchev–Trinajstić information content (AvgIpc) is 1.61. The molecule has 0 amide bonds. The summed E-state index contributed by atoms with van der Waals surface area (Å²) in [6, 6.07) is 0. The molecule has 0 spiro atoms. The predicted octanol–water partition coefficient (Wildman–Crippen LogP) is -3.45. The molecule has 0 aromatic carbocycles. The topological polar surface area (TPSA) is 76.7 Å². The van der Waals surface area contributed by atoms with E-state index < -0.39 is 0 Å². The molecule has 0 heterocycles. The Morgan fingerprint density at radius 1 is 2.00 bits per heavy atom. The zero-order valence-corrected chi connectivity index (χ0v) is 7.07. The van der Waals surface area contributed by atoms with Crippen molar-refractivity contribution >= 4 is 17.3 Å². The number of nitrogens with one attached hydrogen (secondary N) is 1. The van der Waals surface area contributed by atoms with Crippen molar-refractivity contribution in [1.29, 1.82) is 0 Å². The molecule has 0 aromatic heterocycles. The quantitative estimate of drug-likeness (QED) is 0.183. The summed E-state index contributed by atoms with van der Waals surface area (Å²) in [5, 5.41) is 1.82. The molecule has 0 aromatic rings. The fraction of sp³-hybridized carbons (Fsp3) is 0. The number of thiocarbonyl (C=S) groups is 1. The third kappa shape index (κ3) is 9.43. The molecule has 5 nitrogen and oxygen atoms in total. The first-order valence-electron chi connectivity index (χ1n) is 1.31. The molecule has 3 N–H and O–H groups in total. The van der Waals surface area contributed by atoms with Crippen LogP contribution in [0.4, 0.5) is 0 Å². The van der Waals surface area contributed by atoms with Gasteiger partial charge in [-0.25, -0.2) is 4.94 Å². The van der Waals surface area contributed by atoms with Crippen LogP contribution < -0.4 is 40.8 Å². The molecular weight excluding hydrogens is 141 g/mol. The van der Waals surface area contributed by atoms with Gasteiger partial charge in [-0.05, 0) is 12.2 Å². The predicted molar refractivity (Wildman–Crippen MR) is 27.9 cm³/mol. The molecule has 0 atom stereocenters. The molecule has 8 heavy (non-hydrogen) atoms. The van der Waals surface area contributed by atoms with E-state index in [1.165, 1.54) is 0 Å². The van der Waals surface area contributed by atoms with E-state index >= 15 is 0 Å². The van der Waals surface area contributed by atoms with Crippen LogP contribution in [-0.2, 0) is 4.94 Å². The monoisotopic (exact) mass is 145 g/mol. The number of hydroxylamine groups is 1. The van der Waals surface area contributed by atoms with Gasteiger partial charge in [-0.15, -0.1) is 4.91 Å². The summed E-state index contributed by atoms with van der Waals surface area (Å²) in [7, 11) is 0. The van der Waals surface area contributed by atoms with Crippen molar-refractivity contribution in [3.8, 4) is 0 Å². The maximum Gasteiger partial charge on any atom is 1.00 e. The molecule has 0 aliphatic rings. The van der Waals surface area contributed by atoms with Crippen LogP contribution in [0, 0.1) is 4.91 Å². The van der Waals surface area contributed by atoms with Gasteiger partial charge in [-0.3, -0.25) is 0 Å². The second kappa shape index (κ2) is 7.09. The van der Waals surface area contributed by atoms with Gasteiger partial charge in [-0.1, -0.05) is 0 Å². The van der Waals surface area contributed by atoms with Crippen molar-refractivity contribution in [2.75, 3.05) is 0 Å². The Labute approximate surface area is 74.6 Å². The first-order valence-corrected chi connectivity index (χ1v) is 1.72. The number of hydrogen-bond acceptors (Lipinski definition) is 4. The van der Waals surface area contributed by atoms with Crippen molar-refractivity contribution in [3.63, 3.8) is 0 Å². The van der Waals surface area contributed by atoms with Gasteiger partial charge in [0.15, 0.2) is 10.5 Å². The number of nitrogens with zero attached hydrogens (tertiary/aromatic N) is 1. The van der Waals surface area contributed by atoms with Gasteiger partial charge in [0.2, 0.25) is 0 Å². The second-order valence-electron chi connectivity index (χ2n) is 0.632. The Balaban J connectivity index is -0.000000180. The van der Waals surface area contributed by atoms with Crippen LogP contribution in [0.2, 0.25) is 0 Å². The van der Waals surface area contributed by atoms with Gasteiger partial charge in [-0.2, -0.15) is 5.48 Å². The molecule has 0 radical (unpaired) electrons. The normalized spacial score (nSPS) is 6.00. The molecular formula is CH4N3NaO2S. The van der Waals surface area contributed by atoms with Crippen LogP contribution >= 0.6 is 12.2 Å². The number of rotatable bonds is 2. The van der Waals surface area contributed by atoms with Crippen molar-refractivity contribution in [1.82, 2.24) is 5.48 Å². The molecule has 0 aliphatic heterocycles. The van der Waals surface area contributed by atoms with Gasteiger partial charge < -0.3 is 7.16 Å². The first-order chi connectivity index (χ1) is 3.27. The Kier molecular flexibility index (Phi) is 9.72. The smallest absolute Gasteiger partial charge is 1.00 e. The minimum Gasteiger partial charge on any atom is -1.00 e. The summed E-state index contributed by atoms with van der Waals surface area (Å²) >= 11 is 4.20. The van der Waals surface area contributed by atoms with Crippen LogP contribution in [0.5, 0.6) is 0 Å². The Hall–Kier alpha value is 0.0900. The minimum absolute atomic E-state index is 0. The molecule has 42 valence electrons. The zero-order chi connectivity index (χ0) is 5.70. The van der Waals surface area contributed by atoms with E-state index in [9.17, 15) is 0 Å². The SMILES string of the molecule is NC(=S)NON=O.[H-].[Na+]. The Morgan fingerprint density at radius 3 is 2.62 bits per heavy atom. The second-order valence-corrected chi connectivity index (χ2v) is 1.07. The van der Waals surface area contributed by atoms with Crippen LogP contribution in [0.3, 0.4) is 0 Å². The van der Waals surface area contributed by atoms with E-state index in [1.54, 1.807) is 0 Å². The van der Waals surface area contributed by atoms with E-state index in [0.717, 1.165) is 0 Å². The maximum absolute atomic E-state index is 9.06. The van der Waals surface area contributed by atoms with Crippen molar-refractivity contribution in [3.05, 3.63) is 4.91 Å². The van der Waals surface area contributed by atoms with Crippen LogP contribution in [0.25, 0.3) is 0 Å². The fourth-order valence-corrected chi connectivity index (χ4v) is 0.101. The molecule has 0 bridgehead atoms. The zero-order valence-electron chi connectivity index (χ0n) is 5.25. The van der Waals surface area contributed by atoms with Crippen LogP contribution in [0.1, 0.15) is 1.43 Å². The average molecular weight is 145 g/mol. The molecule has 0 saturated heterocycles. The number of nitrogens with two attached hydrogens (primary N) is 1. The van der Waals surface area contributed by atoms with Gasteiger partial charge in [0.05, 0.1) is 0 Å². The van der Waals surface area contributed by atoms with E-state index in [4.69, 9.17) is 10.6 Å². The molecule has 0 unspecified atom stereocenters. The molecule has 0 aliphatic carbocycles. The molecule has 7 heteroatoms. The van der Waals surface area contributed by atoms with Crippen LogP contribution in [-0.4, -0.2) is 5.11 Å². The van der Waals surface area contributed by atoms with Gasteiger partial charge in [0, 0.05) is 0 Å². The number of hydrogen-bond donors (Lipinski definition) is 2. The van der Waals surface area contributed by atoms with Gasteiger partial charge in [0.1, 0.15) is 0 Å². The van der Waals surface area contributed by atoms with Crippen molar-refractivity contribution in [2.24, 2.45) is 11.1 Å². The fourth-order valence-electron chi connectivity index (χ4n) is 0.0636. The standard InChI is InChI=1S/CH3N3O2S.Na.H/c2-1(7)3-6-4-5;;/h(H3,2,3,7);;/q;+1;-1. The molecule has 0 saturated carbocycles. The summed E-state index contributed by atoms with van der Waals surface area (Å²) < 4.78 is 0. The minimum atomic E-state index is -0.125. The van der Waals surface area contributed by atoms with Gasteiger partial charge in [0.25, 0.3) is 0 Å². The summed E-state index contributed by atoms with van der Waals surface area (Å²) in [6.45, 7) is 0. The van der Waals surface area contributed by atoms with E-state index in [1.807, 2.05) is 10.8 Å². The van der Waals surface area contributed by atoms with Crippen molar-refractivity contribution in [2.45, 2.75) is 0 Å². The van der Waals surface area contributed by atoms with E-state index in [0.29, 0.717) is 0 Å². The van der Waals surface area contributed by atoms with Gasteiger partial charge >= 0.3 is 29.6 Å². The maximum atomic E-state index is 9.06. The Morgan fingerprint density at radius 2 is 2.50 bits per heavy atom. The van der Waals surface area contributed by atoms with Crippen molar-refractivity contribution < 1.29 is 35.9 Å². The summed E-state index contributed by atoms with van der Waals surface area (Å²) in [5.74, 6) is 0. The Bertz CT molecular complexity index is 91.9. The summed E-state index contributed by atoms with van der Waals surface area (Å²) in [4.78, 5) is 12.7. The largest absolute Gasteiger partial charge is 1.00 e. The molecule has 0 rings (SSSR count). The summed E-state index contributed by atoms with van der Waals surface area (Å²) in [5.41, 5.74) is 6.60. The van der Waals surface area contributed by atoms with Crippen LogP contribution in [0.15, 0.2) is 5.34 Å². The third-order valence-corrected chi connectivity index (χ3v) is 0.267. The first kappa shape index (κ1) is 11.0. The van der Waals surface area contributed by atoms with E-state index in [2.05, 4.69) is 17.2 Å². The summed E-state index contributed by atoms with van der Waals surface area (Å²) in [6.07, 6.45) is 0. The third-order valence-electron chi connectivity index (χ3n) is 0.184.